The largest absolute Gasteiger partial charge is 0.454 e. The first-order chi connectivity index (χ1) is 13.1. The van der Waals surface area contributed by atoms with Gasteiger partial charge in [0.25, 0.3) is 5.56 Å². The predicted molar refractivity (Wildman–Crippen MR) is 98.5 cm³/mol. The number of rotatable bonds is 4. The van der Waals surface area contributed by atoms with Crippen LogP contribution in [-0.2, 0) is 9.53 Å². The average Bonchev–Trinajstić information content (AvgIpc) is 3.14. The molecule has 0 spiro atoms. The fourth-order valence-electron chi connectivity index (χ4n) is 2.75. The van der Waals surface area contributed by atoms with Gasteiger partial charge in [0.2, 0.25) is 6.79 Å². The number of benzene rings is 2. The molecule has 0 bridgehead atoms. The summed E-state index contributed by atoms with van der Waals surface area (Å²) in [7, 11) is 0. The lowest BCUT2D eigenvalue weighted by atomic mass is 10.2. The number of nitrogens with zero attached hydrogens (tertiary/aromatic N) is 1. The highest BCUT2D eigenvalue weighted by Gasteiger charge is 2.15. The van der Waals surface area contributed by atoms with Crippen LogP contribution >= 0.6 is 0 Å². The number of ether oxygens (including phenoxy) is 3. The molecule has 2 heterocycles. The molecule has 0 fully saturated rings. The lowest BCUT2D eigenvalue weighted by Crippen LogP contribution is -2.16. The summed E-state index contributed by atoms with van der Waals surface area (Å²) in [5, 5.41) is 0.488. The number of fused-ring (bicyclic) bond motifs is 2. The molecular formula is C20H16N2O5. The molecule has 0 unspecified atom stereocenters. The first kappa shape index (κ1) is 16.8. The van der Waals surface area contributed by atoms with Crippen LogP contribution in [-0.4, -0.2) is 22.7 Å². The molecule has 0 saturated heterocycles. The van der Waals surface area contributed by atoms with Gasteiger partial charge in [-0.2, -0.15) is 0 Å². The number of carbonyl (C=O) groups is 1. The highest BCUT2D eigenvalue weighted by Crippen LogP contribution is 2.32. The van der Waals surface area contributed by atoms with Crippen molar-refractivity contribution in [1.82, 2.24) is 9.97 Å². The molecule has 27 heavy (non-hydrogen) atoms. The predicted octanol–water partition coefficient (Wildman–Crippen LogP) is 2.97. The van der Waals surface area contributed by atoms with Crippen molar-refractivity contribution in [3.8, 4) is 11.5 Å². The highest BCUT2D eigenvalue weighted by molar-refractivity contribution is 5.87. The number of aromatic amines is 1. The smallest absolute Gasteiger partial charge is 0.331 e. The molecule has 2 aromatic carbocycles. The van der Waals surface area contributed by atoms with Crippen LogP contribution in [0.25, 0.3) is 17.0 Å². The Morgan fingerprint density at radius 1 is 1.22 bits per heavy atom. The first-order valence-electron chi connectivity index (χ1n) is 8.37. The second-order valence-corrected chi connectivity index (χ2v) is 5.99. The minimum absolute atomic E-state index is 0.193. The molecule has 1 aliphatic rings. The zero-order valence-electron chi connectivity index (χ0n) is 14.5. The van der Waals surface area contributed by atoms with Crippen LogP contribution in [0.1, 0.15) is 24.4 Å². The molecule has 1 N–H and O–H groups in total. The van der Waals surface area contributed by atoms with Crippen molar-refractivity contribution in [3.63, 3.8) is 0 Å². The lowest BCUT2D eigenvalue weighted by Gasteiger charge is -2.11. The van der Waals surface area contributed by atoms with E-state index in [0.717, 1.165) is 5.56 Å². The normalized spacial score (nSPS) is 13.8. The van der Waals surface area contributed by atoms with Gasteiger partial charge in [-0.25, -0.2) is 9.78 Å². The number of carbonyl (C=O) groups excluding carboxylic acids is 1. The van der Waals surface area contributed by atoms with E-state index in [9.17, 15) is 9.59 Å². The van der Waals surface area contributed by atoms with Gasteiger partial charge < -0.3 is 19.2 Å². The monoisotopic (exact) mass is 364 g/mol. The van der Waals surface area contributed by atoms with Gasteiger partial charge in [-0.3, -0.25) is 4.79 Å². The van der Waals surface area contributed by atoms with E-state index < -0.39 is 12.1 Å². The molecule has 136 valence electrons. The number of hydrogen-bond acceptors (Lipinski definition) is 6. The van der Waals surface area contributed by atoms with Gasteiger partial charge in [0.1, 0.15) is 0 Å². The maximum absolute atomic E-state index is 12.1. The Labute approximate surface area is 154 Å². The number of para-hydroxylation sites is 1. The number of aromatic nitrogens is 2. The molecule has 7 nitrogen and oxygen atoms in total. The SMILES string of the molecule is C[C@H](OC(=O)/C=C/c1ccc2c(c1)OCO2)c1nc2ccccc2c(=O)[nH]1. The van der Waals surface area contributed by atoms with Gasteiger partial charge in [-0.05, 0) is 42.8 Å². The van der Waals surface area contributed by atoms with E-state index in [1.807, 2.05) is 6.07 Å². The molecule has 1 atom stereocenters. The van der Waals surface area contributed by atoms with Crippen LogP contribution in [0.15, 0.2) is 53.3 Å². The molecule has 0 saturated carbocycles. The second kappa shape index (κ2) is 6.95. The zero-order chi connectivity index (χ0) is 18.8. The third-order valence-electron chi connectivity index (χ3n) is 4.12. The average molecular weight is 364 g/mol. The molecule has 0 aliphatic carbocycles. The summed E-state index contributed by atoms with van der Waals surface area (Å²) in [5.41, 5.74) is 1.06. The van der Waals surface area contributed by atoms with Crippen LogP contribution in [0.3, 0.4) is 0 Å². The van der Waals surface area contributed by atoms with Crippen molar-refractivity contribution in [2.45, 2.75) is 13.0 Å². The van der Waals surface area contributed by atoms with Crippen molar-refractivity contribution in [2.24, 2.45) is 0 Å². The summed E-state index contributed by atoms with van der Waals surface area (Å²) in [6, 6.07) is 12.4. The van der Waals surface area contributed by atoms with Gasteiger partial charge in [0, 0.05) is 6.08 Å². The molecule has 4 rings (SSSR count). The number of H-pyrrole nitrogens is 1. The summed E-state index contributed by atoms with van der Waals surface area (Å²) >= 11 is 0. The highest BCUT2D eigenvalue weighted by atomic mass is 16.7. The topological polar surface area (TPSA) is 90.5 Å². The quantitative estimate of drug-likeness (QED) is 0.565. The molecule has 1 aliphatic heterocycles. The summed E-state index contributed by atoms with van der Waals surface area (Å²) in [5.74, 6) is 1.06. The minimum Gasteiger partial charge on any atom is -0.454 e. The van der Waals surface area contributed by atoms with Crippen molar-refractivity contribution in [2.75, 3.05) is 6.79 Å². The molecule has 7 heteroatoms. The van der Waals surface area contributed by atoms with Gasteiger partial charge in [-0.15, -0.1) is 0 Å². The first-order valence-corrected chi connectivity index (χ1v) is 8.37. The Bertz CT molecular complexity index is 1100. The Hall–Kier alpha value is -3.61. The van der Waals surface area contributed by atoms with Gasteiger partial charge >= 0.3 is 5.97 Å². The van der Waals surface area contributed by atoms with E-state index in [1.54, 1.807) is 49.4 Å². The van der Waals surface area contributed by atoms with Gasteiger partial charge in [0.05, 0.1) is 10.9 Å². The lowest BCUT2D eigenvalue weighted by molar-refractivity contribution is -0.142. The Kier molecular flexibility index (Phi) is 4.33. The van der Waals surface area contributed by atoms with Crippen molar-refractivity contribution >= 4 is 22.9 Å². The third-order valence-corrected chi connectivity index (χ3v) is 4.12. The van der Waals surface area contributed by atoms with Crippen molar-refractivity contribution < 1.29 is 19.0 Å². The van der Waals surface area contributed by atoms with E-state index in [0.29, 0.717) is 28.2 Å². The van der Waals surface area contributed by atoms with Gasteiger partial charge in [-0.1, -0.05) is 18.2 Å². The molecule has 0 amide bonds. The third kappa shape index (κ3) is 3.52. The summed E-state index contributed by atoms with van der Waals surface area (Å²) in [6.45, 7) is 1.85. The maximum Gasteiger partial charge on any atom is 0.331 e. The Morgan fingerprint density at radius 3 is 2.93 bits per heavy atom. The van der Waals surface area contributed by atoms with Crippen LogP contribution < -0.4 is 15.0 Å². The summed E-state index contributed by atoms with van der Waals surface area (Å²) < 4.78 is 15.9. The van der Waals surface area contributed by atoms with Crippen LogP contribution in [0.5, 0.6) is 11.5 Å². The fourth-order valence-corrected chi connectivity index (χ4v) is 2.75. The second-order valence-electron chi connectivity index (χ2n) is 5.99. The van der Waals surface area contributed by atoms with E-state index in [1.165, 1.54) is 6.08 Å². The molecular weight excluding hydrogens is 348 g/mol. The Morgan fingerprint density at radius 2 is 2.04 bits per heavy atom. The van der Waals surface area contributed by atoms with Crippen molar-refractivity contribution in [1.29, 1.82) is 0 Å². The van der Waals surface area contributed by atoms with E-state index in [-0.39, 0.29) is 12.4 Å². The van der Waals surface area contributed by atoms with Crippen molar-refractivity contribution in [3.05, 3.63) is 70.3 Å². The molecule has 0 radical (unpaired) electrons. The molecule has 3 aromatic rings. The van der Waals surface area contributed by atoms with E-state index in [4.69, 9.17) is 14.2 Å². The van der Waals surface area contributed by atoms with Crippen LogP contribution in [0.4, 0.5) is 0 Å². The standard InChI is InChI=1S/C20H16N2O5/c1-12(19-21-15-5-3-2-4-14(15)20(24)22-19)27-18(23)9-7-13-6-8-16-17(10-13)26-11-25-16/h2-10,12H,11H2,1H3,(H,21,22,24)/b9-7+/t12-/m0/s1. The Balaban J connectivity index is 1.47. The number of esters is 1. The van der Waals surface area contributed by atoms with Crippen LogP contribution in [0, 0.1) is 0 Å². The van der Waals surface area contributed by atoms with E-state index in [2.05, 4.69) is 9.97 Å². The summed E-state index contributed by atoms with van der Waals surface area (Å²) in [4.78, 5) is 31.2. The fraction of sp³-hybridized carbons (Fsp3) is 0.150. The summed E-state index contributed by atoms with van der Waals surface area (Å²) in [6.07, 6.45) is 2.23. The number of hydrogen-bond donors (Lipinski definition) is 1. The zero-order valence-corrected chi connectivity index (χ0v) is 14.5. The van der Waals surface area contributed by atoms with Crippen LogP contribution in [0.2, 0.25) is 0 Å². The minimum atomic E-state index is -0.698. The van der Waals surface area contributed by atoms with E-state index >= 15 is 0 Å². The molecule has 1 aromatic heterocycles. The number of nitrogens with one attached hydrogen (secondary N) is 1. The maximum atomic E-state index is 12.1. The van der Waals surface area contributed by atoms with Gasteiger partial charge in [0.15, 0.2) is 23.4 Å².